The number of rotatable bonds is 3. The second kappa shape index (κ2) is 6.92. The number of aldehydes is 1. The quantitative estimate of drug-likeness (QED) is 0.570. The predicted molar refractivity (Wildman–Crippen MR) is 88.1 cm³/mol. The smallest absolute Gasteiger partial charge is 0.410 e. The Bertz CT molecular complexity index is 665. The number of likely N-dealkylation sites (tertiary alicyclic amines) is 1. The van der Waals surface area contributed by atoms with Gasteiger partial charge in [-0.05, 0) is 43.1 Å². The molecule has 1 aromatic heterocycles. The fraction of sp³-hybridized carbons (Fsp3) is 0.600. The predicted octanol–water partition coefficient (Wildman–Crippen LogP) is 2.43. The Morgan fingerprint density at radius 3 is 2.58 bits per heavy atom. The summed E-state index contributed by atoms with van der Waals surface area (Å²) in [5.41, 5.74) is -0.494. The molecule has 1 unspecified atom stereocenters. The Kier molecular flexibility index (Phi) is 5.32. The van der Waals surface area contributed by atoms with Crippen molar-refractivity contribution < 1.29 is 23.9 Å². The van der Waals surface area contributed by atoms with E-state index in [0.717, 1.165) is 0 Å². The molecule has 1 aromatic rings. The average molecular weight is 402 g/mol. The number of aromatic nitrogens is 2. The van der Waals surface area contributed by atoms with Crippen LogP contribution in [-0.2, 0) is 9.47 Å². The summed E-state index contributed by atoms with van der Waals surface area (Å²) >= 11 is 3.27. The first-order chi connectivity index (χ1) is 11.2. The summed E-state index contributed by atoms with van der Waals surface area (Å²) in [5, 5.41) is 0. The summed E-state index contributed by atoms with van der Waals surface area (Å²) in [6.45, 7) is 6.25. The lowest BCUT2D eigenvalue weighted by molar-refractivity contribution is 0.0288. The highest BCUT2D eigenvalue weighted by atomic mass is 79.9. The Morgan fingerprint density at radius 2 is 2.04 bits per heavy atom. The topological polar surface area (TPSA) is 90.7 Å². The number of amides is 1. The number of ether oxygens (including phenoxy) is 2. The van der Waals surface area contributed by atoms with Gasteiger partial charge in [0.05, 0.1) is 13.2 Å². The van der Waals surface area contributed by atoms with E-state index in [1.165, 1.54) is 7.11 Å². The SMILES string of the molecule is COC(=O)c1c(C=O)nc(Br)n1C1CCN(C(=O)OC(C)(C)C)C1. The molecule has 132 valence electrons. The lowest BCUT2D eigenvalue weighted by Crippen LogP contribution is -2.35. The number of esters is 1. The van der Waals surface area contributed by atoms with Crippen molar-refractivity contribution in [1.82, 2.24) is 14.5 Å². The molecule has 2 rings (SSSR count). The average Bonchev–Trinajstić information content (AvgIpc) is 3.08. The molecule has 0 aliphatic carbocycles. The minimum absolute atomic E-state index is 0.00411. The van der Waals surface area contributed by atoms with E-state index >= 15 is 0 Å². The van der Waals surface area contributed by atoms with Crippen molar-refractivity contribution >= 4 is 34.3 Å². The van der Waals surface area contributed by atoms with Gasteiger partial charge < -0.3 is 18.9 Å². The zero-order valence-electron chi connectivity index (χ0n) is 14.0. The Hall–Kier alpha value is -1.90. The van der Waals surface area contributed by atoms with Gasteiger partial charge in [0.25, 0.3) is 0 Å². The van der Waals surface area contributed by atoms with Crippen LogP contribution in [0, 0.1) is 0 Å². The number of imidazole rings is 1. The van der Waals surface area contributed by atoms with Crippen LogP contribution in [0.15, 0.2) is 4.73 Å². The number of nitrogens with zero attached hydrogens (tertiary/aromatic N) is 3. The van der Waals surface area contributed by atoms with Crippen LogP contribution in [0.3, 0.4) is 0 Å². The van der Waals surface area contributed by atoms with Gasteiger partial charge in [-0.2, -0.15) is 0 Å². The van der Waals surface area contributed by atoms with Gasteiger partial charge in [-0.25, -0.2) is 14.6 Å². The maximum Gasteiger partial charge on any atom is 0.410 e. The molecule has 1 aliphatic rings. The molecule has 0 radical (unpaired) electrons. The molecule has 8 nitrogen and oxygen atoms in total. The van der Waals surface area contributed by atoms with Crippen molar-refractivity contribution in [2.24, 2.45) is 0 Å². The number of methoxy groups -OCH3 is 1. The number of carbonyl (C=O) groups excluding carboxylic acids is 3. The molecule has 24 heavy (non-hydrogen) atoms. The zero-order chi connectivity index (χ0) is 18.1. The maximum absolute atomic E-state index is 12.2. The third kappa shape index (κ3) is 3.77. The Morgan fingerprint density at radius 1 is 1.38 bits per heavy atom. The van der Waals surface area contributed by atoms with Crippen LogP contribution in [0.25, 0.3) is 0 Å². The van der Waals surface area contributed by atoms with Gasteiger partial charge in [0, 0.05) is 13.1 Å². The summed E-state index contributed by atoms with van der Waals surface area (Å²) in [6, 6.07) is -0.206. The van der Waals surface area contributed by atoms with Crippen molar-refractivity contribution in [3.8, 4) is 0 Å². The third-order valence-corrected chi connectivity index (χ3v) is 4.13. The summed E-state index contributed by atoms with van der Waals surface area (Å²) in [4.78, 5) is 41.0. The number of hydrogen-bond donors (Lipinski definition) is 0. The Labute approximate surface area is 148 Å². The molecule has 1 saturated heterocycles. The maximum atomic E-state index is 12.2. The molecule has 1 atom stereocenters. The van der Waals surface area contributed by atoms with Gasteiger partial charge in [-0.3, -0.25) is 4.79 Å². The van der Waals surface area contributed by atoms with Gasteiger partial charge in [0.1, 0.15) is 11.3 Å². The van der Waals surface area contributed by atoms with Crippen molar-refractivity contribution in [1.29, 1.82) is 0 Å². The summed E-state index contributed by atoms with van der Waals surface area (Å²) < 4.78 is 12.1. The van der Waals surface area contributed by atoms with Crippen molar-refractivity contribution in [3.05, 3.63) is 16.1 Å². The van der Waals surface area contributed by atoms with Gasteiger partial charge in [-0.1, -0.05) is 0 Å². The van der Waals surface area contributed by atoms with Crippen molar-refractivity contribution in [2.75, 3.05) is 20.2 Å². The van der Waals surface area contributed by atoms with Crippen molar-refractivity contribution in [3.63, 3.8) is 0 Å². The fourth-order valence-electron chi connectivity index (χ4n) is 2.58. The van der Waals surface area contributed by atoms with E-state index in [1.54, 1.807) is 30.2 Å². The molecule has 9 heteroatoms. The highest BCUT2D eigenvalue weighted by Gasteiger charge is 2.35. The first-order valence-electron chi connectivity index (χ1n) is 7.47. The first-order valence-corrected chi connectivity index (χ1v) is 8.26. The van der Waals surface area contributed by atoms with E-state index in [0.29, 0.717) is 30.5 Å². The lowest BCUT2D eigenvalue weighted by atomic mass is 10.2. The number of carbonyl (C=O) groups is 3. The van der Waals surface area contributed by atoms with Gasteiger partial charge in [0.2, 0.25) is 0 Å². The van der Waals surface area contributed by atoms with Crippen LogP contribution in [0.2, 0.25) is 0 Å². The Balaban J connectivity index is 2.25. The molecule has 0 spiro atoms. The van der Waals surface area contributed by atoms with Gasteiger partial charge in [-0.15, -0.1) is 0 Å². The molecule has 1 aliphatic heterocycles. The standard InChI is InChI=1S/C15H20BrN3O5/c1-15(2,3)24-14(22)18-6-5-9(7-18)19-11(12(21)23-4)10(8-20)17-13(19)16/h8-9H,5-7H2,1-4H3. The van der Waals surface area contributed by atoms with E-state index in [-0.39, 0.29) is 17.4 Å². The van der Waals surface area contributed by atoms with E-state index in [9.17, 15) is 14.4 Å². The monoisotopic (exact) mass is 401 g/mol. The highest BCUT2D eigenvalue weighted by molar-refractivity contribution is 9.10. The highest BCUT2D eigenvalue weighted by Crippen LogP contribution is 2.30. The van der Waals surface area contributed by atoms with Crippen LogP contribution in [0.5, 0.6) is 0 Å². The van der Waals surface area contributed by atoms with Gasteiger partial charge >= 0.3 is 12.1 Å². The number of hydrogen-bond acceptors (Lipinski definition) is 6. The zero-order valence-corrected chi connectivity index (χ0v) is 15.6. The molecule has 0 saturated carbocycles. The molecule has 0 bridgehead atoms. The molecular weight excluding hydrogens is 382 g/mol. The van der Waals surface area contributed by atoms with Crippen LogP contribution in [-0.4, -0.2) is 58.6 Å². The number of halogens is 1. The normalized spacial score (nSPS) is 17.7. The second-order valence-electron chi connectivity index (χ2n) is 6.46. The van der Waals surface area contributed by atoms with Crippen LogP contribution >= 0.6 is 15.9 Å². The molecule has 2 heterocycles. The van der Waals surface area contributed by atoms with Crippen LogP contribution in [0.1, 0.15) is 54.2 Å². The molecule has 1 amide bonds. The largest absolute Gasteiger partial charge is 0.464 e. The van der Waals surface area contributed by atoms with Gasteiger partial charge in [0.15, 0.2) is 16.7 Å². The molecule has 0 aromatic carbocycles. The third-order valence-electron chi connectivity index (χ3n) is 3.57. The summed E-state index contributed by atoms with van der Waals surface area (Å²) in [7, 11) is 1.24. The minimum atomic E-state index is -0.647. The lowest BCUT2D eigenvalue weighted by Gasteiger charge is -2.24. The molecule has 0 N–H and O–H groups in total. The first kappa shape index (κ1) is 18.4. The fourth-order valence-corrected chi connectivity index (χ4v) is 3.24. The minimum Gasteiger partial charge on any atom is -0.464 e. The van der Waals surface area contributed by atoms with Crippen LogP contribution in [0.4, 0.5) is 4.79 Å². The molecular formula is C15H20BrN3O5. The summed E-state index contributed by atoms with van der Waals surface area (Å²) in [5.74, 6) is -0.647. The van der Waals surface area contributed by atoms with Crippen LogP contribution < -0.4 is 0 Å². The second-order valence-corrected chi connectivity index (χ2v) is 7.17. The summed E-state index contributed by atoms with van der Waals surface area (Å²) in [6.07, 6.45) is 0.710. The van der Waals surface area contributed by atoms with Crippen molar-refractivity contribution in [2.45, 2.75) is 38.8 Å². The van der Waals surface area contributed by atoms with E-state index in [4.69, 9.17) is 9.47 Å². The van der Waals surface area contributed by atoms with E-state index in [1.807, 2.05) is 0 Å². The van der Waals surface area contributed by atoms with E-state index in [2.05, 4.69) is 20.9 Å². The van der Waals surface area contributed by atoms with E-state index < -0.39 is 17.7 Å². The molecule has 1 fully saturated rings.